The minimum Gasteiger partial charge on any atom is -0.375 e. The second-order valence-electron chi connectivity index (χ2n) is 2.70. The van der Waals surface area contributed by atoms with E-state index in [1.54, 1.807) is 0 Å². The standard InChI is InChI=1S/C9H9F2N3S/c10-8(11)7-3-1-6(2-4-7)5-13-14-9(12)15/h1-5,8H,(H3,12,14,15)/b13-5+. The van der Waals surface area contributed by atoms with Crippen LogP contribution in [-0.2, 0) is 0 Å². The molecule has 0 atom stereocenters. The molecule has 0 aliphatic rings. The minimum atomic E-state index is -2.45. The minimum absolute atomic E-state index is 0.0190. The largest absolute Gasteiger partial charge is 0.375 e. The van der Waals surface area contributed by atoms with E-state index in [4.69, 9.17) is 5.73 Å². The number of thiocarbonyl (C=S) groups is 1. The molecule has 0 saturated heterocycles. The number of alkyl halides is 2. The normalized spacial score (nSPS) is 10.9. The van der Waals surface area contributed by atoms with Crippen LogP contribution in [0.15, 0.2) is 29.4 Å². The van der Waals surface area contributed by atoms with Crippen molar-refractivity contribution < 1.29 is 8.78 Å². The summed E-state index contributed by atoms with van der Waals surface area (Å²) in [6, 6.07) is 5.75. The second-order valence-corrected chi connectivity index (χ2v) is 3.14. The van der Waals surface area contributed by atoms with Crippen LogP contribution in [-0.4, -0.2) is 11.3 Å². The fraction of sp³-hybridized carbons (Fsp3) is 0.111. The Morgan fingerprint density at radius 1 is 1.40 bits per heavy atom. The molecule has 0 radical (unpaired) electrons. The first-order valence-electron chi connectivity index (χ1n) is 4.06. The number of nitrogens with two attached hydrogens (primary N) is 1. The van der Waals surface area contributed by atoms with Gasteiger partial charge >= 0.3 is 0 Å². The maximum Gasteiger partial charge on any atom is 0.263 e. The van der Waals surface area contributed by atoms with Gasteiger partial charge in [0.2, 0.25) is 0 Å². The van der Waals surface area contributed by atoms with Gasteiger partial charge in [0.1, 0.15) is 0 Å². The van der Waals surface area contributed by atoms with E-state index in [9.17, 15) is 8.78 Å². The van der Waals surface area contributed by atoms with E-state index in [1.807, 2.05) is 0 Å². The van der Waals surface area contributed by atoms with Gasteiger partial charge in [0.15, 0.2) is 5.11 Å². The van der Waals surface area contributed by atoms with Gasteiger partial charge in [0.05, 0.1) is 6.21 Å². The molecule has 0 amide bonds. The molecule has 6 heteroatoms. The van der Waals surface area contributed by atoms with Crippen molar-refractivity contribution in [3.05, 3.63) is 35.4 Å². The molecular weight excluding hydrogens is 220 g/mol. The third-order valence-electron chi connectivity index (χ3n) is 1.58. The van der Waals surface area contributed by atoms with E-state index < -0.39 is 6.43 Å². The Balaban J connectivity index is 2.64. The number of hydrogen-bond donors (Lipinski definition) is 2. The predicted octanol–water partition coefficient (Wildman–Crippen LogP) is 1.79. The average Bonchev–Trinajstić information content (AvgIpc) is 2.18. The Bertz CT molecular complexity index is 362. The molecule has 0 aliphatic heterocycles. The van der Waals surface area contributed by atoms with Crippen molar-refractivity contribution in [1.29, 1.82) is 0 Å². The first-order chi connectivity index (χ1) is 7.09. The topological polar surface area (TPSA) is 50.4 Å². The van der Waals surface area contributed by atoms with Crippen LogP contribution in [0.1, 0.15) is 17.6 Å². The molecule has 1 aromatic rings. The van der Waals surface area contributed by atoms with Crippen LogP contribution in [0.5, 0.6) is 0 Å². The summed E-state index contributed by atoms with van der Waals surface area (Å²) in [6.45, 7) is 0. The van der Waals surface area contributed by atoms with E-state index in [1.165, 1.54) is 30.5 Å². The molecule has 0 unspecified atom stereocenters. The van der Waals surface area contributed by atoms with Crippen LogP contribution in [0.4, 0.5) is 8.78 Å². The van der Waals surface area contributed by atoms with Crippen LogP contribution < -0.4 is 11.2 Å². The monoisotopic (exact) mass is 229 g/mol. The molecular formula is C9H9F2N3S. The number of nitrogens with zero attached hydrogens (tertiary/aromatic N) is 1. The Kier molecular flexibility index (Phi) is 4.11. The summed E-state index contributed by atoms with van der Waals surface area (Å²) >= 11 is 4.52. The van der Waals surface area contributed by atoms with Crippen molar-refractivity contribution in [1.82, 2.24) is 5.43 Å². The lowest BCUT2D eigenvalue weighted by Gasteiger charge is -1.99. The third-order valence-corrected chi connectivity index (χ3v) is 1.67. The van der Waals surface area contributed by atoms with E-state index >= 15 is 0 Å². The Labute approximate surface area is 91.0 Å². The Morgan fingerprint density at radius 3 is 2.47 bits per heavy atom. The lowest BCUT2D eigenvalue weighted by Crippen LogP contribution is -2.23. The lowest BCUT2D eigenvalue weighted by atomic mass is 10.1. The molecule has 0 heterocycles. The highest BCUT2D eigenvalue weighted by atomic mass is 32.1. The van der Waals surface area contributed by atoms with E-state index in [0.29, 0.717) is 5.56 Å². The van der Waals surface area contributed by atoms with Crippen molar-refractivity contribution in [2.24, 2.45) is 10.8 Å². The van der Waals surface area contributed by atoms with Crippen LogP contribution in [0.3, 0.4) is 0 Å². The molecule has 0 bridgehead atoms. The first-order valence-corrected chi connectivity index (χ1v) is 4.47. The van der Waals surface area contributed by atoms with Crippen molar-refractivity contribution >= 4 is 23.5 Å². The molecule has 3 N–H and O–H groups in total. The highest BCUT2D eigenvalue weighted by Gasteiger charge is 2.04. The number of nitrogens with one attached hydrogen (secondary N) is 1. The van der Waals surface area contributed by atoms with Crippen molar-refractivity contribution in [2.75, 3.05) is 0 Å². The van der Waals surface area contributed by atoms with Gasteiger partial charge in [-0.15, -0.1) is 0 Å². The zero-order valence-corrected chi connectivity index (χ0v) is 8.47. The van der Waals surface area contributed by atoms with Gasteiger partial charge in [-0.25, -0.2) is 8.78 Å². The molecule has 3 nitrogen and oxygen atoms in total. The summed E-state index contributed by atoms with van der Waals surface area (Å²) in [5.41, 5.74) is 8.15. The van der Waals surface area contributed by atoms with Crippen LogP contribution in [0.25, 0.3) is 0 Å². The molecule has 0 saturated carbocycles. The van der Waals surface area contributed by atoms with E-state index in [2.05, 4.69) is 22.7 Å². The fourth-order valence-corrected chi connectivity index (χ4v) is 0.951. The maximum absolute atomic E-state index is 12.2. The number of hydrazone groups is 1. The van der Waals surface area contributed by atoms with Crippen LogP contribution in [0.2, 0.25) is 0 Å². The van der Waals surface area contributed by atoms with Gasteiger partial charge in [0.25, 0.3) is 6.43 Å². The smallest absolute Gasteiger partial charge is 0.263 e. The van der Waals surface area contributed by atoms with E-state index in [0.717, 1.165) is 0 Å². The van der Waals surface area contributed by atoms with Gasteiger partial charge < -0.3 is 5.73 Å². The molecule has 1 aromatic carbocycles. The third kappa shape index (κ3) is 3.99. The molecule has 80 valence electrons. The van der Waals surface area contributed by atoms with Gasteiger partial charge in [-0.1, -0.05) is 24.3 Å². The predicted molar refractivity (Wildman–Crippen MR) is 58.9 cm³/mol. The average molecular weight is 229 g/mol. The number of rotatable bonds is 3. The highest BCUT2D eigenvalue weighted by Crippen LogP contribution is 2.17. The van der Waals surface area contributed by atoms with Crippen LogP contribution >= 0.6 is 12.2 Å². The molecule has 15 heavy (non-hydrogen) atoms. The summed E-state index contributed by atoms with van der Waals surface area (Å²) in [4.78, 5) is 0. The van der Waals surface area contributed by atoms with Gasteiger partial charge in [-0.05, 0) is 17.8 Å². The zero-order valence-electron chi connectivity index (χ0n) is 7.65. The Morgan fingerprint density at radius 2 is 2.00 bits per heavy atom. The first kappa shape index (κ1) is 11.5. The second kappa shape index (κ2) is 5.35. The number of hydrogen-bond acceptors (Lipinski definition) is 2. The maximum atomic E-state index is 12.2. The quantitative estimate of drug-likeness (QED) is 0.472. The van der Waals surface area contributed by atoms with Gasteiger partial charge in [0, 0.05) is 5.56 Å². The van der Waals surface area contributed by atoms with Crippen molar-refractivity contribution in [2.45, 2.75) is 6.43 Å². The van der Waals surface area contributed by atoms with Crippen molar-refractivity contribution in [3.8, 4) is 0 Å². The van der Waals surface area contributed by atoms with E-state index in [-0.39, 0.29) is 10.7 Å². The highest BCUT2D eigenvalue weighted by molar-refractivity contribution is 7.80. The molecule has 0 spiro atoms. The molecule has 0 fully saturated rings. The van der Waals surface area contributed by atoms with Gasteiger partial charge in [-0.3, -0.25) is 5.43 Å². The number of halogens is 2. The summed E-state index contributed by atoms with van der Waals surface area (Å²) in [5.74, 6) is 0. The summed E-state index contributed by atoms with van der Waals surface area (Å²) in [7, 11) is 0. The van der Waals surface area contributed by atoms with Crippen LogP contribution in [0, 0.1) is 0 Å². The lowest BCUT2D eigenvalue weighted by molar-refractivity contribution is 0.151. The summed E-state index contributed by atoms with van der Waals surface area (Å²) in [5, 5.41) is 3.74. The summed E-state index contributed by atoms with van der Waals surface area (Å²) in [6.07, 6.45) is -1.01. The zero-order chi connectivity index (χ0) is 11.3. The van der Waals surface area contributed by atoms with Crippen molar-refractivity contribution in [3.63, 3.8) is 0 Å². The van der Waals surface area contributed by atoms with Gasteiger partial charge in [-0.2, -0.15) is 5.10 Å². The molecule has 1 rings (SSSR count). The number of benzene rings is 1. The Hall–Kier alpha value is -1.56. The summed E-state index contributed by atoms with van der Waals surface area (Å²) < 4.78 is 24.4. The molecule has 0 aliphatic carbocycles. The SMILES string of the molecule is NC(=S)N/N=C/c1ccc(C(F)F)cc1. The fourth-order valence-electron chi connectivity index (χ4n) is 0.898. The molecule has 0 aromatic heterocycles.